The molecule has 0 bridgehead atoms. The molecule has 3 rings (SSSR count). The number of ether oxygens (including phenoxy) is 1. The Morgan fingerprint density at radius 1 is 1.29 bits per heavy atom. The fraction of sp³-hybridized carbons (Fsp3) is 0.261. The van der Waals surface area contributed by atoms with E-state index in [0.29, 0.717) is 39.4 Å². The SMILES string of the molecule is C=C(C1=CC=C(Cl)C=CC1)/C(=N\N1CN=C(CBr)N=C1OC(C)C)c1ccccc1Cl. The zero-order valence-corrected chi connectivity index (χ0v) is 20.5. The van der Waals surface area contributed by atoms with Gasteiger partial charge in [0.05, 0.1) is 22.2 Å². The van der Waals surface area contributed by atoms with Gasteiger partial charge in [-0.25, -0.2) is 4.99 Å². The van der Waals surface area contributed by atoms with Gasteiger partial charge in [0, 0.05) is 10.6 Å². The highest BCUT2D eigenvalue weighted by atomic mass is 79.9. The van der Waals surface area contributed by atoms with E-state index >= 15 is 0 Å². The average molecular weight is 522 g/mol. The van der Waals surface area contributed by atoms with Crippen molar-refractivity contribution in [1.29, 1.82) is 0 Å². The minimum Gasteiger partial charge on any atom is -0.461 e. The lowest BCUT2D eigenvalue weighted by molar-refractivity contribution is 0.178. The number of alkyl halides is 1. The number of hydrogen-bond acceptors (Lipinski definition) is 5. The van der Waals surface area contributed by atoms with Gasteiger partial charge in [0.15, 0.2) is 0 Å². The molecule has 31 heavy (non-hydrogen) atoms. The van der Waals surface area contributed by atoms with Crippen molar-refractivity contribution in [2.45, 2.75) is 26.4 Å². The highest BCUT2D eigenvalue weighted by Gasteiger charge is 2.23. The van der Waals surface area contributed by atoms with Gasteiger partial charge in [0.2, 0.25) is 0 Å². The van der Waals surface area contributed by atoms with Gasteiger partial charge in [-0.3, -0.25) is 0 Å². The summed E-state index contributed by atoms with van der Waals surface area (Å²) >= 11 is 16.1. The van der Waals surface area contributed by atoms with Crippen LogP contribution in [0.4, 0.5) is 0 Å². The quantitative estimate of drug-likeness (QED) is 0.318. The third-order valence-electron chi connectivity index (χ3n) is 4.38. The van der Waals surface area contributed by atoms with Crippen molar-refractivity contribution in [3.63, 3.8) is 0 Å². The third-order valence-corrected chi connectivity index (χ3v) is 5.46. The number of nitrogens with zero attached hydrogens (tertiary/aromatic N) is 4. The second-order valence-electron chi connectivity index (χ2n) is 7.07. The number of hydrogen-bond donors (Lipinski definition) is 0. The molecule has 1 heterocycles. The summed E-state index contributed by atoms with van der Waals surface area (Å²) in [6, 6.07) is 7.92. The Morgan fingerprint density at radius 3 is 2.77 bits per heavy atom. The van der Waals surface area contributed by atoms with E-state index in [4.69, 9.17) is 33.0 Å². The van der Waals surface area contributed by atoms with Crippen LogP contribution in [0.5, 0.6) is 0 Å². The Labute approximate surface area is 201 Å². The highest BCUT2D eigenvalue weighted by molar-refractivity contribution is 9.09. The summed E-state index contributed by atoms with van der Waals surface area (Å²) in [4.78, 5) is 8.95. The van der Waals surface area contributed by atoms with Gasteiger partial charge in [-0.15, -0.1) is 0 Å². The Kier molecular flexibility index (Phi) is 8.29. The van der Waals surface area contributed by atoms with E-state index < -0.39 is 0 Å². The Morgan fingerprint density at radius 2 is 2.06 bits per heavy atom. The summed E-state index contributed by atoms with van der Waals surface area (Å²) < 4.78 is 5.91. The number of rotatable bonds is 6. The molecule has 0 aromatic heterocycles. The van der Waals surface area contributed by atoms with Crippen molar-refractivity contribution in [2.24, 2.45) is 15.1 Å². The number of allylic oxidation sites excluding steroid dienone is 7. The Balaban J connectivity index is 2.06. The molecule has 2 aliphatic rings. The van der Waals surface area contributed by atoms with Crippen LogP contribution >= 0.6 is 39.1 Å². The minimum absolute atomic E-state index is 0.0694. The lowest BCUT2D eigenvalue weighted by Crippen LogP contribution is -2.36. The van der Waals surface area contributed by atoms with Gasteiger partial charge in [-0.2, -0.15) is 15.1 Å². The second-order valence-corrected chi connectivity index (χ2v) is 8.47. The molecule has 0 saturated heterocycles. The topological polar surface area (TPSA) is 49.5 Å². The molecular weight excluding hydrogens is 499 g/mol. The Hall–Kier alpha value is -2.15. The zero-order valence-electron chi connectivity index (χ0n) is 17.4. The largest absolute Gasteiger partial charge is 0.461 e. The van der Waals surface area contributed by atoms with Gasteiger partial charge >= 0.3 is 6.02 Å². The van der Waals surface area contributed by atoms with Gasteiger partial charge in [0.25, 0.3) is 0 Å². The molecule has 0 amide bonds. The van der Waals surface area contributed by atoms with Crippen LogP contribution in [0.2, 0.25) is 5.02 Å². The normalized spacial score (nSPS) is 17.0. The lowest BCUT2D eigenvalue weighted by Gasteiger charge is -2.26. The van der Waals surface area contributed by atoms with Crippen LogP contribution in [0.3, 0.4) is 0 Å². The number of aliphatic imine (C=N–C) groups is 2. The molecule has 1 aromatic rings. The standard InChI is InChI=1S/C23H23BrCl2N4O/c1-15(2)31-23-28-21(13-24)27-14-30(23)29-22(19-9-4-5-10-20(19)26)16(3)17-7-6-8-18(25)12-11-17/h4-6,8-12,15H,3,7,13-14H2,1-2H3/b29-22+. The first-order chi connectivity index (χ1) is 14.9. The summed E-state index contributed by atoms with van der Waals surface area (Å²) in [7, 11) is 0. The summed E-state index contributed by atoms with van der Waals surface area (Å²) in [6.45, 7) is 8.49. The van der Waals surface area contributed by atoms with Crippen LogP contribution in [-0.4, -0.2) is 40.7 Å². The maximum Gasteiger partial charge on any atom is 0.317 e. The summed E-state index contributed by atoms with van der Waals surface area (Å²) in [5.74, 6) is 0.650. The van der Waals surface area contributed by atoms with E-state index in [9.17, 15) is 0 Å². The van der Waals surface area contributed by atoms with Crippen LogP contribution in [0, 0.1) is 0 Å². The number of hydrazone groups is 1. The van der Waals surface area contributed by atoms with Gasteiger partial charge < -0.3 is 4.74 Å². The molecule has 5 nitrogen and oxygen atoms in total. The fourth-order valence-electron chi connectivity index (χ4n) is 2.89. The third kappa shape index (κ3) is 6.19. The zero-order chi connectivity index (χ0) is 22.4. The van der Waals surface area contributed by atoms with Gasteiger partial charge in [0.1, 0.15) is 12.5 Å². The van der Waals surface area contributed by atoms with E-state index in [1.54, 1.807) is 5.01 Å². The fourth-order valence-corrected chi connectivity index (χ4v) is 3.57. The first-order valence-electron chi connectivity index (χ1n) is 9.77. The maximum absolute atomic E-state index is 6.54. The van der Waals surface area contributed by atoms with Crippen LogP contribution in [0.25, 0.3) is 0 Å². The summed E-state index contributed by atoms with van der Waals surface area (Å²) in [5, 5.41) is 8.26. The molecular formula is C23H23BrCl2N4O. The van der Waals surface area contributed by atoms with Crippen molar-refractivity contribution in [3.05, 3.63) is 81.9 Å². The molecule has 0 unspecified atom stereocenters. The van der Waals surface area contributed by atoms with E-state index in [1.807, 2.05) is 62.4 Å². The average Bonchev–Trinajstić information content (AvgIpc) is 2.97. The van der Waals surface area contributed by atoms with Crippen molar-refractivity contribution in [2.75, 3.05) is 12.0 Å². The predicted molar refractivity (Wildman–Crippen MR) is 134 cm³/mol. The summed E-state index contributed by atoms with van der Waals surface area (Å²) in [5.41, 5.74) is 3.10. The first-order valence-corrected chi connectivity index (χ1v) is 11.6. The second kappa shape index (κ2) is 10.9. The predicted octanol–water partition coefficient (Wildman–Crippen LogP) is 6.46. The van der Waals surface area contributed by atoms with Crippen molar-refractivity contribution < 1.29 is 4.74 Å². The Bertz CT molecular complexity index is 1040. The molecule has 1 aliphatic heterocycles. The molecule has 0 saturated carbocycles. The van der Waals surface area contributed by atoms with E-state index in [-0.39, 0.29) is 12.8 Å². The molecule has 0 fully saturated rings. The molecule has 162 valence electrons. The lowest BCUT2D eigenvalue weighted by atomic mass is 9.95. The number of halogens is 3. The monoisotopic (exact) mass is 520 g/mol. The molecule has 1 aliphatic carbocycles. The first kappa shape index (κ1) is 23.5. The summed E-state index contributed by atoms with van der Waals surface area (Å²) in [6.07, 6.45) is 8.26. The molecule has 0 radical (unpaired) electrons. The van der Waals surface area contributed by atoms with Crippen LogP contribution in [-0.2, 0) is 4.74 Å². The maximum atomic E-state index is 6.54. The van der Waals surface area contributed by atoms with E-state index in [1.165, 1.54) is 0 Å². The highest BCUT2D eigenvalue weighted by Crippen LogP contribution is 2.27. The molecule has 0 N–H and O–H groups in total. The minimum atomic E-state index is -0.0694. The molecule has 1 aromatic carbocycles. The van der Waals surface area contributed by atoms with Crippen molar-refractivity contribution in [3.8, 4) is 0 Å². The number of benzene rings is 1. The van der Waals surface area contributed by atoms with Crippen LogP contribution < -0.4 is 0 Å². The van der Waals surface area contributed by atoms with Gasteiger partial charge in [-0.05, 0) is 49.6 Å². The van der Waals surface area contributed by atoms with Crippen molar-refractivity contribution >= 4 is 56.7 Å². The molecule has 0 spiro atoms. The number of amidine groups is 2. The molecule has 8 heteroatoms. The van der Waals surface area contributed by atoms with Crippen LogP contribution in [0.1, 0.15) is 25.8 Å². The van der Waals surface area contributed by atoms with Crippen LogP contribution in [0.15, 0.2) is 86.4 Å². The van der Waals surface area contributed by atoms with Crippen molar-refractivity contribution in [1.82, 2.24) is 5.01 Å². The van der Waals surface area contributed by atoms with E-state index in [2.05, 4.69) is 32.5 Å². The van der Waals surface area contributed by atoms with Gasteiger partial charge in [-0.1, -0.05) is 76.1 Å². The van der Waals surface area contributed by atoms with E-state index in [0.717, 1.165) is 16.7 Å². The molecule has 0 atom stereocenters. The smallest absolute Gasteiger partial charge is 0.317 e.